The van der Waals surface area contributed by atoms with Crippen LogP contribution in [0.5, 0.6) is 5.75 Å². The summed E-state index contributed by atoms with van der Waals surface area (Å²) >= 11 is 3.48. The summed E-state index contributed by atoms with van der Waals surface area (Å²) < 4.78 is 8.46. The molecule has 2 aromatic rings. The summed E-state index contributed by atoms with van der Waals surface area (Å²) in [5, 5.41) is 14.7. The van der Waals surface area contributed by atoms with Crippen molar-refractivity contribution in [3.05, 3.63) is 40.9 Å². The van der Waals surface area contributed by atoms with Gasteiger partial charge in [-0.1, -0.05) is 27.1 Å². The Kier molecular flexibility index (Phi) is 5.32. The van der Waals surface area contributed by atoms with E-state index in [1.54, 1.807) is 10.8 Å². The maximum absolute atomic E-state index is 5.81. The van der Waals surface area contributed by atoms with Crippen LogP contribution in [0.15, 0.2) is 35.3 Å². The van der Waals surface area contributed by atoms with Gasteiger partial charge in [-0.3, -0.25) is 0 Å². The predicted octanol–water partition coefficient (Wildman–Crippen LogP) is 3.02. The average molecular weight is 352 g/mol. The molecule has 7 heteroatoms. The van der Waals surface area contributed by atoms with E-state index in [0.717, 1.165) is 15.8 Å². The number of hydrogen-bond acceptors (Lipinski definition) is 5. The van der Waals surface area contributed by atoms with Gasteiger partial charge in [-0.15, -0.1) is 6.58 Å². The number of ether oxygens (including phenoxy) is 1. The zero-order valence-electron chi connectivity index (χ0n) is 12.1. The van der Waals surface area contributed by atoms with Crippen LogP contribution in [0.25, 0.3) is 0 Å². The van der Waals surface area contributed by atoms with Crippen LogP contribution in [0.2, 0.25) is 0 Å². The molecule has 0 aliphatic carbocycles. The van der Waals surface area contributed by atoms with E-state index >= 15 is 0 Å². The molecule has 1 N–H and O–H groups in total. The second kappa shape index (κ2) is 7.21. The van der Waals surface area contributed by atoms with Gasteiger partial charge < -0.3 is 10.1 Å². The summed E-state index contributed by atoms with van der Waals surface area (Å²) in [4.78, 5) is 0. The molecule has 21 heavy (non-hydrogen) atoms. The quantitative estimate of drug-likeness (QED) is 0.776. The Balaban J connectivity index is 2.13. The number of tetrazole rings is 1. The molecule has 0 saturated heterocycles. The second-order valence-corrected chi connectivity index (χ2v) is 5.66. The van der Waals surface area contributed by atoms with Crippen LogP contribution >= 0.6 is 15.9 Å². The number of rotatable bonds is 7. The number of benzene rings is 1. The molecule has 1 aromatic heterocycles. The van der Waals surface area contributed by atoms with Crippen LogP contribution in [0.4, 0.5) is 5.95 Å². The fourth-order valence-corrected chi connectivity index (χ4v) is 2.21. The lowest BCUT2D eigenvalue weighted by Crippen LogP contribution is -2.11. The smallest absolute Gasteiger partial charge is 0.243 e. The van der Waals surface area contributed by atoms with Crippen molar-refractivity contribution in [2.75, 3.05) is 5.32 Å². The zero-order valence-corrected chi connectivity index (χ0v) is 13.7. The molecule has 1 aromatic carbocycles. The molecule has 0 unspecified atom stereocenters. The molecule has 0 aliphatic heterocycles. The minimum Gasteiger partial charge on any atom is -0.491 e. The molecule has 2 rings (SSSR count). The van der Waals surface area contributed by atoms with E-state index < -0.39 is 0 Å². The van der Waals surface area contributed by atoms with Crippen LogP contribution in [0.1, 0.15) is 19.4 Å². The van der Waals surface area contributed by atoms with Crippen molar-refractivity contribution in [2.24, 2.45) is 0 Å². The van der Waals surface area contributed by atoms with Gasteiger partial charge in [-0.2, -0.15) is 0 Å². The first kappa shape index (κ1) is 15.5. The summed E-state index contributed by atoms with van der Waals surface area (Å²) in [5.41, 5.74) is 1.03. The van der Waals surface area contributed by atoms with Crippen molar-refractivity contribution in [3.63, 3.8) is 0 Å². The van der Waals surface area contributed by atoms with Gasteiger partial charge in [0, 0.05) is 16.6 Å². The van der Waals surface area contributed by atoms with E-state index in [1.165, 1.54) is 0 Å². The third-order valence-electron chi connectivity index (χ3n) is 2.66. The van der Waals surface area contributed by atoms with E-state index in [9.17, 15) is 0 Å². The molecule has 0 radical (unpaired) electrons. The van der Waals surface area contributed by atoms with E-state index in [4.69, 9.17) is 4.74 Å². The highest BCUT2D eigenvalue weighted by Gasteiger charge is 2.09. The van der Waals surface area contributed by atoms with E-state index in [0.29, 0.717) is 19.0 Å². The largest absolute Gasteiger partial charge is 0.491 e. The average Bonchev–Trinajstić information content (AvgIpc) is 2.86. The highest BCUT2D eigenvalue weighted by molar-refractivity contribution is 9.10. The molecule has 0 atom stereocenters. The molecule has 0 fully saturated rings. The van der Waals surface area contributed by atoms with Crippen molar-refractivity contribution in [1.82, 2.24) is 20.2 Å². The molecule has 112 valence electrons. The standard InChI is InChI=1S/C14H18BrN5O/c1-4-7-20-14(17-18-19-20)16-9-11-8-12(15)5-6-13(11)21-10(2)3/h4-6,8,10H,1,7,9H2,2-3H3,(H,16,17,19). The van der Waals surface area contributed by atoms with Gasteiger partial charge in [0.1, 0.15) is 5.75 Å². The summed E-state index contributed by atoms with van der Waals surface area (Å²) in [6, 6.07) is 5.93. The van der Waals surface area contributed by atoms with Crippen LogP contribution in [-0.4, -0.2) is 26.3 Å². The number of nitrogens with zero attached hydrogens (tertiary/aromatic N) is 4. The summed E-state index contributed by atoms with van der Waals surface area (Å²) in [7, 11) is 0. The van der Waals surface area contributed by atoms with E-state index in [-0.39, 0.29) is 6.10 Å². The lowest BCUT2D eigenvalue weighted by Gasteiger charge is -2.15. The number of aromatic nitrogens is 4. The van der Waals surface area contributed by atoms with Gasteiger partial charge in [0.05, 0.1) is 12.6 Å². The molecular weight excluding hydrogens is 334 g/mol. The highest BCUT2D eigenvalue weighted by Crippen LogP contribution is 2.25. The van der Waals surface area contributed by atoms with Gasteiger partial charge in [-0.25, -0.2) is 4.68 Å². The van der Waals surface area contributed by atoms with Crippen LogP contribution < -0.4 is 10.1 Å². The first-order chi connectivity index (χ1) is 10.1. The van der Waals surface area contributed by atoms with Crippen LogP contribution in [-0.2, 0) is 13.1 Å². The lowest BCUT2D eigenvalue weighted by atomic mass is 10.2. The number of halogens is 1. The Hall–Kier alpha value is -1.89. The Morgan fingerprint density at radius 2 is 2.29 bits per heavy atom. The minimum absolute atomic E-state index is 0.121. The maximum Gasteiger partial charge on any atom is 0.243 e. The predicted molar refractivity (Wildman–Crippen MR) is 85.2 cm³/mol. The van der Waals surface area contributed by atoms with E-state index in [2.05, 4.69) is 43.4 Å². The van der Waals surface area contributed by atoms with E-state index in [1.807, 2.05) is 32.0 Å². The first-order valence-corrected chi connectivity index (χ1v) is 7.45. The van der Waals surface area contributed by atoms with Crippen LogP contribution in [0, 0.1) is 0 Å². The lowest BCUT2D eigenvalue weighted by molar-refractivity contribution is 0.240. The number of anilines is 1. The van der Waals surface area contributed by atoms with Crippen molar-refractivity contribution >= 4 is 21.9 Å². The summed E-state index contributed by atoms with van der Waals surface area (Å²) in [6.45, 7) is 8.82. The Bertz CT molecular complexity index is 611. The van der Waals surface area contributed by atoms with Crippen molar-refractivity contribution in [3.8, 4) is 5.75 Å². The van der Waals surface area contributed by atoms with Gasteiger partial charge >= 0.3 is 0 Å². The molecule has 0 aliphatic rings. The SMILES string of the molecule is C=CCn1nnnc1NCc1cc(Br)ccc1OC(C)C. The molecule has 6 nitrogen and oxygen atoms in total. The van der Waals surface area contributed by atoms with Gasteiger partial charge in [-0.05, 0) is 42.5 Å². The fourth-order valence-electron chi connectivity index (χ4n) is 1.81. The minimum atomic E-state index is 0.121. The summed E-state index contributed by atoms with van der Waals surface area (Å²) in [6.07, 6.45) is 1.87. The van der Waals surface area contributed by atoms with Crippen LogP contribution in [0.3, 0.4) is 0 Å². The molecular formula is C14H18BrN5O. The maximum atomic E-state index is 5.81. The Morgan fingerprint density at radius 3 is 3.00 bits per heavy atom. The first-order valence-electron chi connectivity index (χ1n) is 6.66. The summed E-state index contributed by atoms with van der Waals surface area (Å²) in [5.74, 6) is 1.45. The molecule has 0 spiro atoms. The van der Waals surface area contributed by atoms with Gasteiger partial charge in [0.25, 0.3) is 0 Å². The number of allylic oxidation sites excluding steroid dienone is 1. The fraction of sp³-hybridized carbons (Fsp3) is 0.357. The normalized spacial score (nSPS) is 10.7. The molecule has 0 bridgehead atoms. The molecule has 0 saturated carbocycles. The van der Waals surface area contributed by atoms with Crippen molar-refractivity contribution in [2.45, 2.75) is 33.0 Å². The van der Waals surface area contributed by atoms with Crippen molar-refractivity contribution < 1.29 is 4.74 Å². The number of nitrogens with one attached hydrogen (secondary N) is 1. The van der Waals surface area contributed by atoms with Gasteiger partial charge in [0.2, 0.25) is 5.95 Å². The highest BCUT2D eigenvalue weighted by atomic mass is 79.9. The van der Waals surface area contributed by atoms with Gasteiger partial charge in [0.15, 0.2) is 0 Å². The third-order valence-corrected chi connectivity index (χ3v) is 3.15. The molecule has 0 amide bonds. The third kappa shape index (κ3) is 4.29. The zero-order chi connectivity index (χ0) is 15.2. The topological polar surface area (TPSA) is 64.9 Å². The number of hydrogen-bond donors (Lipinski definition) is 1. The second-order valence-electron chi connectivity index (χ2n) is 4.75. The molecule has 1 heterocycles. The van der Waals surface area contributed by atoms with Crippen molar-refractivity contribution in [1.29, 1.82) is 0 Å². The Labute approximate surface area is 132 Å². The Morgan fingerprint density at radius 1 is 1.48 bits per heavy atom. The monoisotopic (exact) mass is 351 g/mol.